The molecule has 3 rings (SSSR count). The second kappa shape index (κ2) is 8.11. The van der Waals surface area contributed by atoms with Crippen LogP contribution >= 0.6 is 27.7 Å². The van der Waals surface area contributed by atoms with Crippen LogP contribution in [0.15, 0.2) is 62.6 Å². The van der Waals surface area contributed by atoms with Crippen LogP contribution in [0.1, 0.15) is 5.56 Å². The van der Waals surface area contributed by atoms with Gasteiger partial charge >= 0.3 is 5.97 Å². The summed E-state index contributed by atoms with van der Waals surface area (Å²) in [6, 6.07) is 5.69. The molecule has 1 aromatic carbocycles. The molecule has 2 heterocycles. The molecule has 26 heavy (non-hydrogen) atoms. The van der Waals surface area contributed by atoms with Gasteiger partial charge in [0.2, 0.25) is 0 Å². The number of ether oxygens (including phenoxy) is 1. The van der Waals surface area contributed by atoms with E-state index < -0.39 is 11.9 Å². The molecule has 8 nitrogen and oxygen atoms in total. The maximum atomic E-state index is 11.7. The molecule has 1 aromatic heterocycles. The summed E-state index contributed by atoms with van der Waals surface area (Å²) in [6.07, 6.45) is 7.93. The molecule has 0 radical (unpaired) electrons. The second-order valence-electron chi connectivity index (χ2n) is 4.92. The van der Waals surface area contributed by atoms with Crippen LogP contribution < -0.4 is 5.32 Å². The Kier molecular flexibility index (Phi) is 5.64. The molecule has 10 heteroatoms. The molecule has 1 aliphatic heterocycles. The Morgan fingerprint density at radius 1 is 1.46 bits per heavy atom. The van der Waals surface area contributed by atoms with Gasteiger partial charge in [-0.2, -0.15) is 5.10 Å². The minimum absolute atomic E-state index is 0.207. The zero-order valence-corrected chi connectivity index (χ0v) is 15.8. The smallest absolute Gasteiger partial charge is 0.331 e. The zero-order chi connectivity index (χ0) is 18.5. The van der Waals surface area contributed by atoms with Gasteiger partial charge < -0.3 is 9.30 Å². The van der Waals surface area contributed by atoms with Crippen molar-refractivity contribution in [2.75, 3.05) is 7.11 Å². The number of rotatable bonds is 4. The number of carbonyl (C=O) groups excluding carboxylic acids is 2. The Labute approximate surface area is 161 Å². The van der Waals surface area contributed by atoms with Gasteiger partial charge in [-0.1, -0.05) is 6.07 Å². The Balaban J connectivity index is 1.70. The number of thioether (sulfide) groups is 1. The number of amides is 1. The maximum absolute atomic E-state index is 11.7. The lowest BCUT2D eigenvalue weighted by Gasteiger charge is -2.05. The highest BCUT2D eigenvalue weighted by Gasteiger charge is 2.24. The van der Waals surface area contributed by atoms with E-state index in [0.717, 1.165) is 33.6 Å². The molecule has 0 unspecified atom stereocenters. The number of nitrogens with zero attached hydrogens (tertiary/aromatic N) is 4. The highest BCUT2D eigenvalue weighted by molar-refractivity contribution is 9.10. The molecule has 1 N–H and O–H groups in total. The van der Waals surface area contributed by atoms with Gasteiger partial charge in [0.15, 0.2) is 5.17 Å². The fourth-order valence-corrected chi connectivity index (χ4v) is 3.34. The van der Waals surface area contributed by atoms with Crippen molar-refractivity contribution in [3.05, 3.63) is 57.9 Å². The number of amidine groups is 1. The van der Waals surface area contributed by atoms with Crippen LogP contribution in [0.4, 0.5) is 0 Å². The van der Waals surface area contributed by atoms with Crippen LogP contribution in [0.2, 0.25) is 0 Å². The molecule has 0 atom stereocenters. The average molecular weight is 434 g/mol. The lowest BCUT2D eigenvalue weighted by atomic mass is 10.2. The van der Waals surface area contributed by atoms with E-state index in [9.17, 15) is 9.59 Å². The standard InChI is InChI=1S/C16H12BrN5O3S/c1-25-14(23)7-13-15(24)20-16(26-13)21-19-8-10-2-3-12(11(17)6-10)22-5-4-18-9-22/h2-9H,1H3,(H,20,21,24)/b13-7+,19-8?. The quantitative estimate of drug-likeness (QED) is 0.345. The van der Waals surface area contributed by atoms with Crippen LogP contribution in [0.25, 0.3) is 5.69 Å². The Morgan fingerprint density at radius 2 is 2.31 bits per heavy atom. The molecule has 0 aliphatic carbocycles. The van der Waals surface area contributed by atoms with Gasteiger partial charge in [0.25, 0.3) is 5.91 Å². The van der Waals surface area contributed by atoms with E-state index in [-0.39, 0.29) is 10.1 Å². The summed E-state index contributed by atoms with van der Waals surface area (Å²) >= 11 is 4.53. The van der Waals surface area contributed by atoms with Gasteiger partial charge in [-0.25, -0.2) is 9.78 Å². The minimum Gasteiger partial charge on any atom is -0.466 e. The summed E-state index contributed by atoms with van der Waals surface area (Å²) in [5.41, 5.74) is 1.77. The summed E-state index contributed by atoms with van der Waals surface area (Å²) in [7, 11) is 1.24. The Hall–Kier alpha value is -2.72. The summed E-state index contributed by atoms with van der Waals surface area (Å²) in [6.45, 7) is 0. The van der Waals surface area contributed by atoms with Crippen LogP contribution in [0, 0.1) is 0 Å². The lowest BCUT2D eigenvalue weighted by molar-refractivity contribution is -0.135. The SMILES string of the molecule is COC(=O)/C=C1/S/C(=N\N=Cc2ccc(-n3ccnc3)c(Br)c2)NC1=O. The number of esters is 1. The fourth-order valence-electron chi connectivity index (χ4n) is 2.00. The monoisotopic (exact) mass is 433 g/mol. The van der Waals surface area contributed by atoms with Gasteiger partial charge in [-0.05, 0) is 45.4 Å². The van der Waals surface area contributed by atoms with Gasteiger partial charge in [-0.3, -0.25) is 10.1 Å². The molecular weight excluding hydrogens is 422 g/mol. The number of aromatic nitrogens is 2. The molecule has 1 saturated heterocycles. The Bertz CT molecular complexity index is 937. The molecule has 1 amide bonds. The molecule has 0 bridgehead atoms. The van der Waals surface area contributed by atoms with E-state index in [2.05, 4.69) is 41.2 Å². The number of nitrogens with one attached hydrogen (secondary N) is 1. The molecule has 1 aliphatic rings. The number of hydrogen-bond donors (Lipinski definition) is 1. The van der Waals surface area contributed by atoms with Crippen LogP contribution in [0.3, 0.4) is 0 Å². The third-order valence-electron chi connectivity index (χ3n) is 3.21. The first kappa shape index (κ1) is 18.1. The van der Waals surface area contributed by atoms with Crippen molar-refractivity contribution >= 4 is 51.0 Å². The fraction of sp³-hybridized carbons (Fsp3) is 0.0625. The number of halogens is 1. The third-order valence-corrected chi connectivity index (χ3v) is 4.75. The van der Waals surface area contributed by atoms with Crippen molar-refractivity contribution in [1.82, 2.24) is 14.9 Å². The van der Waals surface area contributed by atoms with E-state index in [1.54, 1.807) is 18.7 Å². The topological polar surface area (TPSA) is 97.9 Å². The molecule has 0 saturated carbocycles. The molecular formula is C16H12BrN5O3S. The summed E-state index contributed by atoms with van der Waals surface area (Å²) < 4.78 is 7.25. The van der Waals surface area contributed by atoms with Gasteiger partial charge in [0.1, 0.15) is 0 Å². The van der Waals surface area contributed by atoms with E-state index >= 15 is 0 Å². The van der Waals surface area contributed by atoms with Crippen molar-refractivity contribution in [1.29, 1.82) is 0 Å². The first-order valence-corrected chi connectivity index (χ1v) is 8.85. The van der Waals surface area contributed by atoms with Crippen LogP contribution in [0.5, 0.6) is 0 Å². The number of benzene rings is 1. The highest BCUT2D eigenvalue weighted by Crippen LogP contribution is 2.24. The lowest BCUT2D eigenvalue weighted by Crippen LogP contribution is -2.19. The number of hydrogen-bond acceptors (Lipinski definition) is 7. The predicted octanol–water partition coefficient (Wildman–Crippen LogP) is 2.24. The van der Waals surface area contributed by atoms with Gasteiger partial charge in [0, 0.05) is 22.9 Å². The molecule has 132 valence electrons. The van der Waals surface area contributed by atoms with Crippen molar-refractivity contribution in [3.8, 4) is 5.69 Å². The zero-order valence-electron chi connectivity index (χ0n) is 13.4. The van der Waals surface area contributed by atoms with E-state index in [1.807, 2.05) is 29.0 Å². The maximum Gasteiger partial charge on any atom is 0.331 e. The van der Waals surface area contributed by atoms with Crippen LogP contribution in [-0.2, 0) is 14.3 Å². The van der Waals surface area contributed by atoms with Gasteiger partial charge in [0.05, 0.1) is 30.2 Å². The second-order valence-corrected chi connectivity index (χ2v) is 6.80. The summed E-state index contributed by atoms with van der Waals surface area (Å²) in [5.74, 6) is -1.02. The Morgan fingerprint density at radius 3 is 3.00 bits per heavy atom. The predicted molar refractivity (Wildman–Crippen MR) is 102 cm³/mol. The van der Waals surface area contributed by atoms with Gasteiger partial charge in [-0.15, -0.1) is 5.10 Å². The first-order valence-electron chi connectivity index (χ1n) is 7.24. The van der Waals surface area contributed by atoms with E-state index in [0.29, 0.717) is 0 Å². The number of carbonyl (C=O) groups is 2. The normalized spacial score (nSPS) is 17.2. The average Bonchev–Trinajstić information content (AvgIpc) is 3.25. The van der Waals surface area contributed by atoms with Crippen molar-refractivity contribution in [2.45, 2.75) is 0 Å². The minimum atomic E-state index is -0.602. The largest absolute Gasteiger partial charge is 0.466 e. The van der Waals surface area contributed by atoms with E-state index in [1.165, 1.54) is 7.11 Å². The first-order chi connectivity index (χ1) is 12.6. The molecule has 2 aromatic rings. The van der Waals surface area contributed by atoms with Crippen molar-refractivity contribution < 1.29 is 14.3 Å². The number of imidazole rings is 1. The summed E-state index contributed by atoms with van der Waals surface area (Å²) in [5, 5.41) is 10.7. The van der Waals surface area contributed by atoms with Crippen molar-refractivity contribution in [3.63, 3.8) is 0 Å². The van der Waals surface area contributed by atoms with Crippen LogP contribution in [-0.4, -0.2) is 39.9 Å². The number of methoxy groups -OCH3 is 1. The molecule has 1 fully saturated rings. The summed E-state index contributed by atoms with van der Waals surface area (Å²) in [4.78, 5) is 27.1. The third kappa shape index (κ3) is 4.27. The van der Waals surface area contributed by atoms with E-state index in [4.69, 9.17) is 0 Å². The highest BCUT2D eigenvalue weighted by atomic mass is 79.9. The van der Waals surface area contributed by atoms with Crippen molar-refractivity contribution in [2.24, 2.45) is 10.2 Å². The molecule has 0 spiro atoms.